The average molecular weight is 360 g/mol. The zero-order chi connectivity index (χ0) is 19.2. The van der Waals surface area contributed by atoms with Gasteiger partial charge in [0, 0.05) is 22.7 Å². The number of ether oxygens (including phenoxy) is 2. The van der Waals surface area contributed by atoms with E-state index in [2.05, 4.69) is 4.98 Å². The molecule has 0 saturated carbocycles. The van der Waals surface area contributed by atoms with E-state index in [0.29, 0.717) is 16.9 Å². The number of rotatable bonds is 6. The zero-order valence-corrected chi connectivity index (χ0v) is 14.6. The summed E-state index contributed by atoms with van der Waals surface area (Å²) in [7, 11) is 1.55. The highest BCUT2D eigenvalue weighted by molar-refractivity contribution is 6.09. The predicted molar refractivity (Wildman–Crippen MR) is 100 cm³/mol. The SMILES string of the molecule is COc1ccc(/C=C(\C#N)C(=O)OCC(=O)c2c[nH]c3ccccc23)cc1. The Morgan fingerprint density at radius 3 is 2.59 bits per heavy atom. The fraction of sp³-hybridized carbons (Fsp3) is 0.0952. The number of Topliss-reactive ketones (excluding diaryl/α,β-unsaturated/α-hetero) is 1. The lowest BCUT2D eigenvalue weighted by Crippen LogP contribution is -2.15. The third kappa shape index (κ3) is 4.05. The second-order valence-corrected chi connectivity index (χ2v) is 5.69. The number of methoxy groups -OCH3 is 1. The summed E-state index contributed by atoms with van der Waals surface area (Å²) in [4.78, 5) is 27.5. The maximum atomic E-state index is 12.4. The van der Waals surface area contributed by atoms with Gasteiger partial charge < -0.3 is 14.5 Å². The van der Waals surface area contributed by atoms with E-state index >= 15 is 0 Å². The number of nitrogens with one attached hydrogen (secondary N) is 1. The van der Waals surface area contributed by atoms with Crippen LogP contribution in [0.15, 0.2) is 60.3 Å². The van der Waals surface area contributed by atoms with Crippen LogP contribution in [0.25, 0.3) is 17.0 Å². The molecule has 0 bridgehead atoms. The first-order valence-electron chi connectivity index (χ1n) is 8.14. The molecule has 0 aliphatic rings. The quantitative estimate of drug-likeness (QED) is 0.314. The molecular formula is C21H16N2O4. The van der Waals surface area contributed by atoms with Gasteiger partial charge in [-0.25, -0.2) is 4.79 Å². The molecule has 0 aliphatic heterocycles. The minimum Gasteiger partial charge on any atom is -0.497 e. The van der Waals surface area contributed by atoms with Crippen LogP contribution in [0.1, 0.15) is 15.9 Å². The molecule has 0 amide bonds. The Balaban J connectivity index is 1.68. The molecule has 0 saturated heterocycles. The second kappa shape index (κ2) is 8.02. The third-order valence-electron chi connectivity index (χ3n) is 3.99. The fourth-order valence-electron chi connectivity index (χ4n) is 2.59. The van der Waals surface area contributed by atoms with Gasteiger partial charge in [0.1, 0.15) is 17.4 Å². The molecule has 6 nitrogen and oxygen atoms in total. The Hall–Kier alpha value is -3.85. The van der Waals surface area contributed by atoms with Crippen LogP contribution in [0.3, 0.4) is 0 Å². The summed E-state index contributed by atoms with van der Waals surface area (Å²) >= 11 is 0. The van der Waals surface area contributed by atoms with Crippen molar-refractivity contribution in [1.82, 2.24) is 4.98 Å². The van der Waals surface area contributed by atoms with Gasteiger partial charge in [-0.15, -0.1) is 0 Å². The standard InChI is InChI=1S/C21H16N2O4/c1-26-16-8-6-14(7-9-16)10-15(11-22)21(25)27-13-20(24)18-12-23-19-5-3-2-4-17(18)19/h2-10,12,23H,13H2,1H3/b15-10+. The van der Waals surface area contributed by atoms with Gasteiger partial charge in [0.2, 0.25) is 5.78 Å². The van der Waals surface area contributed by atoms with Crippen LogP contribution < -0.4 is 4.74 Å². The van der Waals surface area contributed by atoms with Gasteiger partial charge >= 0.3 is 5.97 Å². The van der Waals surface area contributed by atoms with Gasteiger partial charge in [-0.3, -0.25) is 4.79 Å². The summed E-state index contributed by atoms with van der Waals surface area (Å²) < 4.78 is 10.1. The lowest BCUT2D eigenvalue weighted by Gasteiger charge is -2.04. The number of nitrogens with zero attached hydrogens (tertiary/aromatic N) is 1. The summed E-state index contributed by atoms with van der Waals surface area (Å²) in [5.41, 5.74) is 1.72. The van der Waals surface area contributed by atoms with Gasteiger partial charge in [0.25, 0.3) is 0 Å². The maximum Gasteiger partial charge on any atom is 0.349 e. The topological polar surface area (TPSA) is 92.2 Å². The van der Waals surface area contributed by atoms with Gasteiger partial charge in [0.15, 0.2) is 6.61 Å². The van der Waals surface area contributed by atoms with Gasteiger partial charge in [0.05, 0.1) is 7.11 Å². The second-order valence-electron chi connectivity index (χ2n) is 5.69. The van der Waals surface area contributed by atoms with Crippen molar-refractivity contribution in [2.24, 2.45) is 0 Å². The molecule has 0 radical (unpaired) electrons. The number of ketones is 1. The summed E-state index contributed by atoms with van der Waals surface area (Å²) in [6.07, 6.45) is 2.98. The van der Waals surface area contributed by atoms with E-state index in [1.807, 2.05) is 24.3 Å². The van der Waals surface area contributed by atoms with E-state index in [4.69, 9.17) is 9.47 Å². The number of benzene rings is 2. The Bertz CT molecular complexity index is 1060. The molecule has 0 fully saturated rings. The summed E-state index contributed by atoms with van der Waals surface area (Å²) in [6.45, 7) is -0.442. The van der Waals surface area contributed by atoms with Crippen molar-refractivity contribution in [3.05, 3.63) is 71.4 Å². The van der Waals surface area contributed by atoms with Gasteiger partial charge in [-0.2, -0.15) is 5.26 Å². The van der Waals surface area contributed by atoms with Crippen LogP contribution in [-0.4, -0.2) is 30.5 Å². The first-order chi connectivity index (χ1) is 13.1. The first-order valence-corrected chi connectivity index (χ1v) is 8.14. The van der Waals surface area contributed by atoms with E-state index < -0.39 is 12.6 Å². The monoisotopic (exact) mass is 360 g/mol. The number of hydrogen-bond donors (Lipinski definition) is 1. The van der Waals surface area contributed by atoms with Gasteiger partial charge in [-0.1, -0.05) is 30.3 Å². The molecule has 3 rings (SSSR count). The fourth-order valence-corrected chi connectivity index (χ4v) is 2.59. The molecule has 27 heavy (non-hydrogen) atoms. The Morgan fingerprint density at radius 1 is 1.15 bits per heavy atom. The van der Waals surface area contributed by atoms with E-state index in [9.17, 15) is 14.9 Å². The van der Waals surface area contributed by atoms with Crippen molar-refractivity contribution in [2.75, 3.05) is 13.7 Å². The number of aromatic amines is 1. The predicted octanol–water partition coefficient (Wildman–Crippen LogP) is 3.51. The van der Waals surface area contributed by atoms with E-state index in [-0.39, 0.29) is 11.4 Å². The molecule has 0 spiro atoms. The van der Waals surface area contributed by atoms with Crippen LogP contribution >= 0.6 is 0 Å². The highest BCUT2D eigenvalue weighted by Gasteiger charge is 2.16. The largest absolute Gasteiger partial charge is 0.497 e. The molecule has 0 unspecified atom stereocenters. The number of nitriles is 1. The molecule has 2 aromatic carbocycles. The Kier molecular flexibility index (Phi) is 5.33. The first kappa shape index (κ1) is 18.0. The average Bonchev–Trinajstić information content (AvgIpc) is 3.14. The number of carbonyl (C=O) groups excluding carboxylic acids is 2. The van der Waals surface area contributed by atoms with Crippen molar-refractivity contribution in [1.29, 1.82) is 5.26 Å². The summed E-state index contributed by atoms with van der Waals surface area (Å²) in [5.74, 6) is -0.526. The van der Waals surface area contributed by atoms with E-state index in [0.717, 1.165) is 10.9 Å². The van der Waals surface area contributed by atoms with Crippen molar-refractivity contribution in [2.45, 2.75) is 0 Å². The molecule has 0 atom stereocenters. The maximum absolute atomic E-state index is 12.4. The van der Waals surface area contributed by atoms with Crippen LogP contribution in [0.2, 0.25) is 0 Å². The minimum absolute atomic E-state index is 0.188. The van der Waals surface area contributed by atoms with Crippen LogP contribution in [0, 0.1) is 11.3 Å². The van der Waals surface area contributed by atoms with Crippen LogP contribution in [0.5, 0.6) is 5.75 Å². The number of aromatic nitrogens is 1. The van der Waals surface area contributed by atoms with Crippen molar-refractivity contribution in [3.8, 4) is 11.8 Å². The molecule has 1 N–H and O–H groups in total. The number of fused-ring (bicyclic) bond motifs is 1. The van der Waals surface area contributed by atoms with E-state index in [1.54, 1.807) is 43.6 Å². The van der Waals surface area contributed by atoms with Gasteiger partial charge in [-0.05, 0) is 29.8 Å². The van der Waals surface area contributed by atoms with Crippen molar-refractivity contribution >= 4 is 28.7 Å². The molecule has 0 aliphatic carbocycles. The Morgan fingerprint density at radius 2 is 1.89 bits per heavy atom. The number of carbonyl (C=O) groups is 2. The minimum atomic E-state index is -0.846. The molecule has 3 aromatic rings. The van der Waals surface area contributed by atoms with E-state index in [1.165, 1.54) is 6.08 Å². The molecule has 6 heteroatoms. The number of para-hydroxylation sites is 1. The highest BCUT2D eigenvalue weighted by atomic mass is 16.5. The molecular weight excluding hydrogens is 344 g/mol. The molecule has 1 aromatic heterocycles. The summed E-state index contributed by atoms with van der Waals surface area (Å²) in [5, 5.41) is 9.97. The number of H-pyrrole nitrogens is 1. The normalized spacial score (nSPS) is 11.0. The number of hydrogen-bond acceptors (Lipinski definition) is 5. The van der Waals surface area contributed by atoms with Crippen LogP contribution in [0.4, 0.5) is 0 Å². The highest BCUT2D eigenvalue weighted by Crippen LogP contribution is 2.18. The molecule has 1 heterocycles. The summed E-state index contributed by atoms with van der Waals surface area (Å²) in [6, 6.07) is 16.0. The zero-order valence-electron chi connectivity index (χ0n) is 14.6. The smallest absolute Gasteiger partial charge is 0.349 e. The van der Waals surface area contributed by atoms with Crippen molar-refractivity contribution < 1.29 is 19.1 Å². The third-order valence-corrected chi connectivity index (χ3v) is 3.99. The van der Waals surface area contributed by atoms with Crippen LogP contribution in [-0.2, 0) is 9.53 Å². The van der Waals surface area contributed by atoms with Crippen molar-refractivity contribution in [3.63, 3.8) is 0 Å². The Labute approximate surface area is 155 Å². The molecule has 134 valence electrons. The lowest BCUT2D eigenvalue weighted by atomic mass is 10.1. The number of esters is 1. The lowest BCUT2D eigenvalue weighted by molar-refractivity contribution is -0.137.